The molecule has 19 heavy (non-hydrogen) atoms. The fourth-order valence-corrected chi connectivity index (χ4v) is 5.14. The molecule has 1 fully saturated rings. The molecule has 0 amide bonds. The maximum Gasteiger partial charge on any atom is 0.252 e. The van der Waals surface area contributed by atoms with E-state index in [9.17, 15) is 8.42 Å². The second kappa shape index (κ2) is 5.66. The number of nitrogens with two attached hydrogens (primary N) is 1. The zero-order valence-electron chi connectivity index (χ0n) is 9.99. The van der Waals surface area contributed by atoms with Gasteiger partial charge in [0.05, 0.1) is 4.34 Å². The Hall–Kier alpha value is -0.830. The van der Waals surface area contributed by atoms with Gasteiger partial charge >= 0.3 is 0 Å². The third-order valence-corrected chi connectivity index (χ3v) is 6.73. The van der Waals surface area contributed by atoms with Crippen LogP contribution in [0.5, 0.6) is 0 Å². The molecule has 0 spiro atoms. The Morgan fingerprint density at radius 3 is 2.58 bits per heavy atom. The summed E-state index contributed by atoms with van der Waals surface area (Å²) < 4.78 is 26.7. The van der Waals surface area contributed by atoms with E-state index < -0.39 is 10.0 Å². The zero-order valence-corrected chi connectivity index (χ0v) is 12.4. The SMILES string of the molecule is NC(=NO)C1CCN(S(=O)(=O)c2ccc(Cl)s2)CC1. The van der Waals surface area contributed by atoms with Crippen molar-refractivity contribution in [2.24, 2.45) is 16.8 Å². The Labute approximate surface area is 120 Å². The molecule has 0 bridgehead atoms. The van der Waals surface area contributed by atoms with Crippen molar-refractivity contribution in [3.63, 3.8) is 0 Å². The van der Waals surface area contributed by atoms with Crippen molar-refractivity contribution in [1.29, 1.82) is 0 Å². The Kier molecular flexibility index (Phi) is 4.34. The Morgan fingerprint density at radius 2 is 2.11 bits per heavy atom. The molecule has 0 aromatic carbocycles. The number of piperidine rings is 1. The number of sulfonamides is 1. The van der Waals surface area contributed by atoms with E-state index >= 15 is 0 Å². The van der Waals surface area contributed by atoms with Crippen molar-refractivity contribution in [1.82, 2.24) is 4.31 Å². The molecule has 0 saturated carbocycles. The Balaban J connectivity index is 2.09. The molecule has 0 aliphatic carbocycles. The first-order valence-corrected chi connectivity index (χ1v) is 8.31. The van der Waals surface area contributed by atoms with Gasteiger partial charge in [-0.3, -0.25) is 0 Å². The summed E-state index contributed by atoms with van der Waals surface area (Å²) >= 11 is 6.81. The van der Waals surface area contributed by atoms with Crippen LogP contribution in [-0.4, -0.2) is 36.9 Å². The van der Waals surface area contributed by atoms with Gasteiger partial charge in [-0.25, -0.2) is 8.42 Å². The molecule has 1 aliphatic rings. The van der Waals surface area contributed by atoms with Crippen LogP contribution >= 0.6 is 22.9 Å². The summed E-state index contributed by atoms with van der Waals surface area (Å²) in [4.78, 5) is 0. The van der Waals surface area contributed by atoms with Gasteiger partial charge in [-0.15, -0.1) is 11.3 Å². The van der Waals surface area contributed by atoms with Crippen molar-refractivity contribution >= 4 is 38.8 Å². The summed E-state index contributed by atoms with van der Waals surface area (Å²) in [6.45, 7) is 0.720. The van der Waals surface area contributed by atoms with E-state index in [0.717, 1.165) is 11.3 Å². The molecule has 106 valence electrons. The highest BCUT2D eigenvalue weighted by Crippen LogP contribution is 2.30. The molecule has 3 N–H and O–H groups in total. The highest BCUT2D eigenvalue weighted by atomic mass is 35.5. The van der Waals surface area contributed by atoms with E-state index in [4.69, 9.17) is 22.5 Å². The number of thiophene rings is 1. The second-order valence-corrected chi connectivity index (χ2v) is 8.14. The molecule has 1 saturated heterocycles. The van der Waals surface area contributed by atoms with E-state index in [-0.39, 0.29) is 16.0 Å². The molecular weight excluding hydrogens is 310 g/mol. The summed E-state index contributed by atoms with van der Waals surface area (Å²) in [5.41, 5.74) is 5.53. The van der Waals surface area contributed by atoms with Gasteiger partial charge in [0.2, 0.25) is 0 Å². The molecular formula is C10H14ClN3O3S2. The molecule has 1 aromatic heterocycles. The molecule has 6 nitrogen and oxygen atoms in total. The fourth-order valence-electron chi connectivity index (χ4n) is 2.04. The van der Waals surface area contributed by atoms with E-state index in [1.54, 1.807) is 6.07 Å². The zero-order chi connectivity index (χ0) is 14.0. The lowest BCUT2D eigenvalue weighted by Gasteiger charge is -2.30. The number of hydrogen-bond acceptors (Lipinski definition) is 5. The largest absolute Gasteiger partial charge is 0.409 e. The first-order valence-electron chi connectivity index (χ1n) is 5.68. The quantitative estimate of drug-likeness (QED) is 0.382. The summed E-state index contributed by atoms with van der Waals surface area (Å²) in [6.07, 6.45) is 1.10. The topological polar surface area (TPSA) is 96.0 Å². The van der Waals surface area contributed by atoms with Gasteiger partial charge in [-0.1, -0.05) is 16.8 Å². The van der Waals surface area contributed by atoms with Crippen LogP contribution in [0.25, 0.3) is 0 Å². The molecule has 9 heteroatoms. The molecule has 0 atom stereocenters. The van der Waals surface area contributed by atoms with Crippen LogP contribution in [-0.2, 0) is 10.0 Å². The first kappa shape index (κ1) is 14.6. The number of amidine groups is 1. The average Bonchev–Trinajstić information content (AvgIpc) is 2.85. The fraction of sp³-hybridized carbons (Fsp3) is 0.500. The number of nitrogens with zero attached hydrogens (tertiary/aromatic N) is 2. The smallest absolute Gasteiger partial charge is 0.252 e. The van der Waals surface area contributed by atoms with Crippen molar-refractivity contribution in [3.8, 4) is 0 Å². The highest BCUT2D eigenvalue weighted by Gasteiger charge is 2.31. The Morgan fingerprint density at radius 1 is 1.47 bits per heavy atom. The summed E-state index contributed by atoms with van der Waals surface area (Å²) in [7, 11) is -3.47. The van der Waals surface area contributed by atoms with Crippen LogP contribution in [0.15, 0.2) is 21.5 Å². The van der Waals surface area contributed by atoms with E-state index in [0.29, 0.717) is 30.3 Å². The van der Waals surface area contributed by atoms with Gasteiger partial charge < -0.3 is 10.9 Å². The average molecular weight is 324 g/mol. The van der Waals surface area contributed by atoms with Gasteiger partial charge in [-0.05, 0) is 25.0 Å². The summed E-state index contributed by atoms with van der Waals surface area (Å²) in [5.74, 6) is 0.0968. The Bertz CT molecular complexity index is 577. The molecule has 1 aliphatic heterocycles. The molecule has 0 radical (unpaired) electrons. The number of halogens is 1. The van der Waals surface area contributed by atoms with E-state index in [1.807, 2.05) is 0 Å². The van der Waals surface area contributed by atoms with E-state index in [2.05, 4.69) is 5.16 Å². The lowest BCUT2D eigenvalue weighted by Crippen LogP contribution is -2.41. The van der Waals surface area contributed by atoms with E-state index in [1.165, 1.54) is 10.4 Å². The van der Waals surface area contributed by atoms with Crippen molar-refractivity contribution in [2.75, 3.05) is 13.1 Å². The van der Waals surface area contributed by atoms with Crippen LogP contribution in [0.1, 0.15) is 12.8 Å². The number of hydrogen-bond donors (Lipinski definition) is 2. The van der Waals surface area contributed by atoms with Gasteiger partial charge in [0.15, 0.2) is 0 Å². The van der Waals surface area contributed by atoms with Crippen LogP contribution in [0, 0.1) is 5.92 Å². The maximum atomic E-state index is 12.3. The van der Waals surface area contributed by atoms with Crippen LogP contribution < -0.4 is 5.73 Å². The second-order valence-electron chi connectivity index (χ2n) is 4.26. The van der Waals surface area contributed by atoms with Crippen LogP contribution in [0.4, 0.5) is 0 Å². The number of rotatable bonds is 3. The number of oxime groups is 1. The normalized spacial score (nSPS) is 19.7. The predicted octanol–water partition coefficient (Wildman–Crippen LogP) is 1.55. The van der Waals surface area contributed by atoms with Crippen molar-refractivity contribution < 1.29 is 13.6 Å². The molecule has 2 heterocycles. The third kappa shape index (κ3) is 3.02. The van der Waals surface area contributed by atoms with Gasteiger partial charge in [0, 0.05) is 19.0 Å². The minimum absolute atomic E-state index is 0.0663. The molecule has 0 unspecified atom stereocenters. The third-order valence-electron chi connectivity index (χ3n) is 3.13. The van der Waals surface area contributed by atoms with Crippen molar-refractivity contribution in [2.45, 2.75) is 17.1 Å². The maximum absolute atomic E-state index is 12.3. The van der Waals surface area contributed by atoms with Gasteiger partial charge in [0.25, 0.3) is 10.0 Å². The molecule has 1 aromatic rings. The lowest BCUT2D eigenvalue weighted by molar-refractivity contribution is 0.291. The minimum Gasteiger partial charge on any atom is -0.409 e. The molecule has 2 rings (SSSR count). The monoisotopic (exact) mass is 323 g/mol. The summed E-state index contributed by atoms with van der Waals surface area (Å²) in [6, 6.07) is 3.08. The first-order chi connectivity index (χ1) is 8.95. The predicted molar refractivity (Wildman–Crippen MR) is 74.2 cm³/mol. The van der Waals surface area contributed by atoms with Crippen molar-refractivity contribution in [3.05, 3.63) is 16.5 Å². The van der Waals surface area contributed by atoms with Crippen LogP contribution in [0.3, 0.4) is 0 Å². The van der Waals surface area contributed by atoms with Gasteiger partial charge in [0.1, 0.15) is 10.0 Å². The van der Waals surface area contributed by atoms with Gasteiger partial charge in [-0.2, -0.15) is 4.31 Å². The van der Waals surface area contributed by atoms with Crippen LogP contribution in [0.2, 0.25) is 4.34 Å². The minimum atomic E-state index is -3.47. The highest BCUT2D eigenvalue weighted by molar-refractivity contribution is 7.91. The standard InChI is InChI=1S/C10H14ClN3O3S2/c11-8-1-2-9(18-8)19(16,17)14-5-3-7(4-6-14)10(12)13-15/h1-2,7,15H,3-6H2,(H2,12,13). The lowest BCUT2D eigenvalue weighted by atomic mass is 9.97. The summed E-state index contributed by atoms with van der Waals surface area (Å²) in [5, 5.41) is 11.6.